The third-order valence-electron chi connectivity index (χ3n) is 2.65. The Hall–Kier alpha value is -0.620. The Morgan fingerprint density at radius 2 is 2.16 bits per heavy atom. The van der Waals surface area contributed by atoms with Crippen molar-refractivity contribution in [3.8, 4) is 0 Å². The molecule has 1 atom stereocenters. The topological polar surface area (TPSA) is 38.0 Å². The van der Waals surface area contributed by atoms with Gasteiger partial charge in [0, 0.05) is 20.6 Å². The highest BCUT2D eigenvalue weighted by molar-refractivity contribution is 9.10. The van der Waals surface area contributed by atoms with Crippen molar-refractivity contribution in [3.05, 3.63) is 49.6 Å². The fourth-order valence-corrected chi connectivity index (χ4v) is 3.75. The number of nitrogens with two attached hydrogens (primary N) is 1. The quantitative estimate of drug-likeness (QED) is 0.741. The zero-order valence-electron chi connectivity index (χ0n) is 10.1. The summed E-state index contributed by atoms with van der Waals surface area (Å²) in [4.78, 5) is 1.53. The summed E-state index contributed by atoms with van der Waals surface area (Å²) in [5.74, 6) is 0. The van der Waals surface area contributed by atoms with Gasteiger partial charge in [0.15, 0.2) is 0 Å². The minimum atomic E-state index is 0.139. The average molecular weight is 376 g/mol. The summed E-state index contributed by atoms with van der Waals surface area (Å²) in [5.41, 5.74) is 7.52. The van der Waals surface area contributed by atoms with Crippen LogP contribution in [0.15, 0.2) is 34.8 Å². The standard InChI is InChI=1S/C13H12BrClN2S2/c1-7(10-5-6-11(15)19-10)17-9-4-2-3-8(14)12(9)13(16)18/h2-7,17H,1H3,(H2,16,18). The van der Waals surface area contributed by atoms with Crippen LogP contribution in [0.1, 0.15) is 23.4 Å². The molecule has 0 aliphatic carbocycles. The number of thiocarbonyl (C=S) groups is 1. The highest BCUT2D eigenvalue weighted by atomic mass is 79.9. The van der Waals surface area contributed by atoms with E-state index in [1.165, 1.54) is 4.88 Å². The van der Waals surface area contributed by atoms with Gasteiger partial charge in [-0.25, -0.2) is 0 Å². The van der Waals surface area contributed by atoms with Gasteiger partial charge in [0.05, 0.1) is 10.4 Å². The maximum absolute atomic E-state index is 5.96. The van der Waals surface area contributed by atoms with Gasteiger partial charge in [-0.3, -0.25) is 0 Å². The first-order valence-electron chi connectivity index (χ1n) is 5.59. The van der Waals surface area contributed by atoms with E-state index in [0.29, 0.717) is 4.99 Å². The fraction of sp³-hybridized carbons (Fsp3) is 0.154. The second kappa shape index (κ2) is 6.22. The third-order valence-corrected chi connectivity index (χ3v) is 4.93. The van der Waals surface area contributed by atoms with E-state index in [2.05, 4.69) is 28.2 Å². The van der Waals surface area contributed by atoms with Crippen LogP contribution < -0.4 is 11.1 Å². The maximum Gasteiger partial charge on any atom is 0.107 e. The van der Waals surface area contributed by atoms with E-state index < -0.39 is 0 Å². The van der Waals surface area contributed by atoms with Crippen molar-refractivity contribution in [3.63, 3.8) is 0 Å². The van der Waals surface area contributed by atoms with Gasteiger partial charge in [-0.1, -0.05) is 29.9 Å². The third kappa shape index (κ3) is 3.48. The number of halogens is 2. The Bertz CT molecular complexity index is 612. The average Bonchev–Trinajstić information content (AvgIpc) is 2.75. The zero-order chi connectivity index (χ0) is 14.0. The molecule has 1 heterocycles. The van der Waals surface area contributed by atoms with Crippen LogP contribution in [-0.4, -0.2) is 4.99 Å². The van der Waals surface area contributed by atoms with E-state index in [-0.39, 0.29) is 6.04 Å². The van der Waals surface area contributed by atoms with Crippen molar-refractivity contribution in [2.24, 2.45) is 5.73 Å². The van der Waals surface area contributed by atoms with E-state index in [9.17, 15) is 0 Å². The normalized spacial score (nSPS) is 12.2. The van der Waals surface area contributed by atoms with Gasteiger partial charge >= 0.3 is 0 Å². The van der Waals surface area contributed by atoms with Gasteiger partial charge in [-0.2, -0.15) is 0 Å². The molecule has 0 amide bonds. The number of thiophene rings is 1. The largest absolute Gasteiger partial charge is 0.389 e. The Kier molecular flexibility index (Phi) is 4.84. The Balaban J connectivity index is 2.28. The van der Waals surface area contributed by atoms with Crippen molar-refractivity contribution in [2.75, 3.05) is 5.32 Å². The molecule has 2 aromatic rings. The predicted molar refractivity (Wildman–Crippen MR) is 91.4 cm³/mol. The van der Waals surface area contributed by atoms with Gasteiger partial charge in [0.25, 0.3) is 0 Å². The summed E-state index contributed by atoms with van der Waals surface area (Å²) in [7, 11) is 0. The molecule has 100 valence electrons. The molecule has 0 spiro atoms. The molecule has 2 nitrogen and oxygen atoms in total. The number of hydrogen-bond acceptors (Lipinski definition) is 3. The van der Waals surface area contributed by atoms with Crippen LogP contribution in [0.3, 0.4) is 0 Å². The number of anilines is 1. The van der Waals surface area contributed by atoms with E-state index in [1.54, 1.807) is 11.3 Å². The molecular weight excluding hydrogens is 364 g/mol. The lowest BCUT2D eigenvalue weighted by Crippen LogP contribution is -2.15. The van der Waals surface area contributed by atoms with Crippen LogP contribution >= 0.6 is 51.1 Å². The first-order valence-corrected chi connectivity index (χ1v) is 7.98. The van der Waals surface area contributed by atoms with Crippen LogP contribution in [0.5, 0.6) is 0 Å². The molecule has 0 aliphatic heterocycles. The molecule has 3 N–H and O–H groups in total. The summed E-state index contributed by atoms with van der Waals surface area (Å²) >= 11 is 16.1. The minimum absolute atomic E-state index is 0.139. The predicted octanol–water partition coefficient (Wildman–Crippen LogP) is 4.97. The molecule has 1 aromatic carbocycles. The fourth-order valence-electron chi connectivity index (χ4n) is 1.76. The molecule has 19 heavy (non-hydrogen) atoms. The monoisotopic (exact) mass is 374 g/mol. The maximum atomic E-state index is 5.96. The van der Waals surface area contributed by atoms with Crippen LogP contribution in [0.4, 0.5) is 5.69 Å². The molecule has 0 fully saturated rings. The highest BCUT2D eigenvalue weighted by Gasteiger charge is 2.13. The van der Waals surface area contributed by atoms with Crippen LogP contribution in [-0.2, 0) is 0 Å². The SMILES string of the molecule is CC(Nc1cccc(Br)c1C(N)=S)c1ccc(Cl)s1. The van der Waals surface area contributed by atoms with Gasteiger partial charge in [-0.15, -0.1) is 11.3 Å². The van der Waals surface area contributed by atoms with Gasteiger partial charge in [0.1, 0.15) is 4.99 Å². The van der Waals surface area contributed by atoms with E-state index in [1.807, 2.05) is 30.3 Å². The Labute approximate surface area is 135 Å². The second-order valence-corrected chi connectivity index (χ2v) is 7.08. The van der Waals surface area contributed by atoms with E-state index in [0.717, 1.165) is 20.1 Å². The van der Waals surface area contributed by atoms with Crippen LogP contribution in [0, 0.1) is 0 Å². The number of benzene rings is 1. The summed E-state index contributed by atoms with van der Waals surface area (Å²) in [6, 6.07) is 9.89. The first kappa shape index (κ1) is 14.8. The molecule has 0 radical (unpaired) electrons. The Morgan fingerprint density at radius 1 is 1.42 bits per heavy atom. The second-order valence-electron chi connectivity index (χ2n) is 4.03. The number of rotatable bonds is 4. The first-order chi connectivity index (χ1) is 8.99. The van der Waals surface area contributed by atoms with Crippen molar-refractivity contribution in [1.82, 2.24) is 0 Å². The van der Waals surface area contributed by atoms with Crippen molar-refractivity contribution >= 4 is 61.8 Å². The lowest BCUT2D eigenvalue weighted by molar-refractivity contribution is 0.907. The zero-order valence-corrected chi connectivity index (χ0v) is 14.1. The minimum Gasteiger partial charge on any atom is -0.389 e. The van der Waals surface area contributed by atoms with Crippen molar-refractivity contribution in [2.45, 2.75) is 13.0 Å². The van der Waals surface area contributed by atoms with Gasteiger partial charge in [-0.05, 0) is 47.1 Å². The molecule has 0 saturated carbocycles. The summed E-state index contributed by atoms with van der Waals surface area (Å²) in [6.07, 6.45) is 0. The van der Waals surface area contributed by atoms with Gasteiger partial charge in [0.2, 0.25) is 0 Å². The number of hydrogen-bond donors (Lipinski definition) is 2. The lowest BCUT2D eigenvalue weighted by Gasteiger charge is -2.17. The van der Waals surface area contributed by atoms with Crippen LogP contribution in [0.2, 0.25) is 4.34 Å². The molecule has 0 bridgehead atoms. The summed E-state index contributed by atoms with van der Waals surface area (Å²) in [6.45, 7) is 2.08. The Morgan fingerprint density at radius 3 is 2.74 bits per heavy atom. The number of nitrogens with one attached hydrogen (secondary N) is 1. The molecule has 0 saturated heterocycles. The molecule has 1 aromatic heterocycles. The van der Waals surface area contributed by atoms with Crippen molar-refractivity contribution in [1.29, 1.82) is 0 Å². The van der Waals surface area contributed by atoms with E-state index in [4.69, 9.17) is 29.6 Å². The molecule has 2 rings (SSSR count). The molecule has 0 aliphatic rings. The molecule has 1 unspecified atom stereocenters. The highest BCUT2D eigenvalue weighted by Crippen LogP contribution is 2.31. The van der Waals surface area contributed by atoms with Crippen molar-refractivity contribution < 1.29 is 0 Å². The summed E-state index contributed by atoms with van der Waals surface area (Å²) < 4.78 is 1.67. The lowest BCUT2D eigenvalue weighted by atomic mass is 10.1. The summed E-state index contributed by atoms with van der Waals surface area (Å²) in [5, 5.41) is 3.42. The van der Waals surface area contributed by atoms with Crippen LogP contribution in [0.25, 0.3) is 0 Å². The van der Waals surface area contributed by atoms with Gasteiger partial charge < -0.3 is 11.1 Å². The van der Waals surface area contributed by atoms with E-state index >= 15 is 0 Å². The smallest absolute Gasteiger partial charge is 0.107 e. The molecule has 6 heteroatoms. The molecular formula is C13H12BrClN2S2.